The quantitative estimate of drug-likeness (QED) is 0.227. The fourth-order valence-electron chi connectivity index (χ4n) is 4.65. The Balaban J connectivity index is 1.67. The maximum atomic E-state index is 13.4. The smallest absolute Gasteiger partial charge is 0.337 e. The highest BCUT2D eigenvalue weighted by molar-refractivity contribution is 8.03. The van der Waals surface area contributed by atoms with Gasteiger partial charge in [-0.15, -0.1) is 0 Å². The zero-order valence-corrected chi connectivity index (χ0v) is 24.6. The van der Waals surface area contributed by atoms with Gasteiger partial charge in [0, 0.05) is 10.7 Å². The van der Waals surface area contributed by atoms with Gasteiger partial charge in [0.25, 0.3) is 0 Å². The first kappa shape index (κ1) is 30.0. The van der Waals surface area contributed by atoms with Gasteiger partial charge in [-0.25, -0.2) is 4.79 Å². The fraction of sp³-hybridized carbons (Fsp3) is 0.242. The van der Waals surface area contributed by atoms with Crippen LogP contribution in [0.3, 0.4) is 0 Å². The van der Waals surface area contributed by atoms with Crippen LogP contribution >= 0.6 is 23.4 Å². The number of aryl methyl sites for hydroxylation is 1. The van der Waals surface area contributed by atoms with Crippen molar-refractivity contribution in [3.05, 3.63) is 117 Å². The number of allylic oxidation sites excluding steroid dienone is 1. The van der Waals surface area contributed by atoms with Gasteiger partial charge in [-0.2, -0.15) is 5.26 Å². The summed E-state index contributed by atoms with van der Waals surface area (Å²) in [6.45, 7) is 4.07. The Morgan fingerprint density at radius 2 is 1.73 bits per heavy atom. The number of hydrogen-bond acceptors (Lipinski definition) is 6. The molecule has 0 aliphatic carbocycles. The summed E-state index contributed by atoms with van der Waals surface area (Å²) in [5.41, 5.74) is 4.39. The lowest BCUT2D eigenvalue weighted by Gasteiger charge is -2.31. The molecule has 1 aliphatic rings. The number of rotatable bonds is 11. The molecule has 41 heavy (non-hydrogen) atoms. The van der Waals surface area contributed by atoms with Crippen LogP contribution in [-0.2, 0) is 20.7 Å². The number of anilines is 1. The van der Waals surface area contributed by atoms with Crippen molar-refractivity contribution >= 4 is 46.6 Å². The highest BCUT2D eigenvalue weighted by Crippen LogP contribution is 2.45. The summed E-state index contributed by atoms with van der Waals surface area (Å²) in [7, 11) is 0. The van der Waals surface area contributed by atoms with E-state index in [4.69, 9.17) is 16.3 Å². The molecule has 0 saturated carbocycles. The number of hydrogen-bond donors (Lipinski definition) is 2. The Kier molecular flexibility index (Phi) is 10.7. The van der Waals surface area contributed by atoms with E-state index in [9.17, 15) is 14.9 Å². The molecule has 6 nitrogen and oxygen atoms in total. The first-order valence-corrected chi connectivity index (χ1v) is 15.0. The lowest BCUT2D eigenvalue weighted by Crippen LogP contribution is -2.30. The largest absolute Gasteiger partial charge is 0.463 e. The van der Waals surface area contributed by atoms with Crippen LogP contribution in [0.1, 0.15) is 49.3 Å². The Hall–Kier alpha value is -3.99. The number of ether oxygens (including phenoxy) is 1. The van der Waals surface area contributed by atoms with Gasteiger partial charge in [0.15, 0.2) is 0 Å². The van der Waals surface area contributed by atoms with Crippen molar-refractivity contribution in [1.82, 2.24) is 5.32 Å². The number of nitrogens with one attached hydrogen (secondary N) is 2. The number of amides is 1. The number of esters is 1. The molecule has 1 heterocycles. The van der Waals surface area contributed by atoms with Crippen molar-refractivity contribution in [2.45, 2.75) is 39.0 Å². The van der Waals surface area contributed by atoms with Crippen LogP contribution in [0.4, 0.5) is 5.69 Å². The molecule has 0 radical (unpaired) electrons. The van der Waals surface area contributed by atoms with Crippen LogP contribution in [-0.4, -0.2) is 24.2 Å². The third-order valence-electron chi connectivity index (χ3n) is 6.63. The van der Waals surface area contributed by atoms with Gasteiger partial charge < -0.3 is 15.4 Å². The molecule has 8 heteroatoms. The summed E-state index contributed by atoms with van der Waals surface area (Å²) in [5, 5.41) is 17.5. The predicted molar refractivity (Wildman–Crippen MR) is 166 cm³/mol. The van der Waals surface area contributed by atoms with Crippen molar-refractivity contribution in [3.63, 3.8) is 0 Å². The van der Waals surface area contributed by atoms with E-state index >= 15 is 0 Å². The van der Waals surface area contributed by atoms with Gasteiger partial charge in [-0.3, -0.25) is 4.79 Å². The highest BCUT2D eigenvalue weighted by atomic mass is 35.5. The average Bonchev–Trinajstić information content (AvgIpc) is 2.99. The zero-order valence-electron chi connectivity index (χ0n) is 23.1. The molecule has 1 atom stereocenters. The molecular weight excluding hydrogens is 554 g/mol. The molecule has 0 saturated heterocycles. The first-order chi connectivity index (χ1) is 20.0. The first-order valence-electron chi connectivity index (χ1n) is 13.6. The molecule has 0 fully saturated rings. The molecule has 1 amide bonds. The molecule has 0 unspecified atom stereocenters. The molecule has 2 N–H and O–H groups in total. The predicted octanol–water partition coefficient (Wildman–Crippen LogP) is 7.45. The van der Waals surface area contributed by atoms with Crippen molar-refractivity contribution in [2.24, 2.45) is 0 Å². The molecule has 3 aromatic carbocycles. The number of benzene rings is 3. The van der Waals surface area contributed by atoms with E-state index in [0.29, 0.717) is 38.1 Å². The Morgan fingerprint density at radius 1 is 1.02 bits per heavy atom. The number of thioether (sulfide) groups is 1. The van der Waals surface area contributed by atoms with Crippen molar-refractivity contribution < 1.29 is 14.3 Å². The van der Waals surface area contributed by atoms with E-state index in [1.54, 1.807) is 25.1 Å². The number of nitriles is 1. The summed E-state index contributed by atoms with van der Waals surface area (Å²) in [4.78, 5) is 26.4. The maximum absolute atomic E-state index is 13.4. The molecular formula is C33H32ClN3O3S. The topological polar surface area (TPSA) is 91.2 Å². The minimum Gasteiger partial charge on any atom is -0.463 e. The Labute approximate surface area is 250 Å². The second kappa shape index (κ2) is 14.6. The minimum atomic E-state index is -0.787. The van der Waals surface area contributed by atoms with E-state index < -0.39 is 11.9 Å². The van der Waals surface area contributed by atoms with Gasteiger partial charge in [0.2, 0.25) is 5.91 Å². The van der Waals surface area contributed by atoms with Crippen LogP contribution in [0.5, 0.6) is 0 Å². The van der Waals surface area contributed by atoms with E-state index in [0.717, 1.165) is 24.8 Å². The molecule has 210 valence electrons. The maximum Gasteiger partial charge on any atom is 0.337 e. The van der Waals surface area contributed by atoms with E-state index in [1.807, 2.05) is 60.7 Å². The fourth-order valence-corrected chi connectivity index (χ4v) is 5.73. The van der Waals surface area contributed by atoms with Gasteiger partial charge in [-0.1, -0.05) is 97.4 Å². The number of carbonyl (C=O) groups is 2. The van der Waals surface area contributed by atoms with Crippen LogP contribution in [0.25, 0.3) is 5.70 Å². The molecule has 1 aliphatic heterocycles. The van der Waals surface area contributed by atoms with Crippen LogP contribution in [0.15, 0.2) is 95.0 Å². The summed E-state index contributed by atoms with van der Waals surface area (Å²) in [5.74, 6) is -1.48. The van der Waals surface area contributed by atoms with Crippen molar-refractivity contribution in [1.29, 1.82) is 5.26 Å². The number of nitrogens with zero attached hydrogens (tertiary/aromatic N) is 1. The highest BCUT2D eigenvalue weighted by Gasteiger charge is 2.38. The van der Waals surface area contributed by atoms with E-state index in [1.165, 1.54) is 17.3 Å². The Bertz CT molecular complexity index is 1490. The Morgan fingerprint density at radius 3 is 2.39 bits per heavy atom. The van der Waals surface area contributed by atoms with Crippen LogP contribution in [0, 0.1) is 11.3 Å². The number of unbranched alkanes of at least 4 members (excludes halogenated alkanes) is 1. The monoisotopic (exact) mass is 585 g/mol. The summed E-state index contributed by atoms with van der Waals surface area (Å²) < 4.78 is 5.46. The van der Waals surface area contributed by atoms with Crippen molar-refractivity contribution in [3.8, 4) is 6.07 Å². The molecule has 0 spiro atoms. The number of dihydropyridines is 1. The number of carbonyl (C=O) groups excluding carboxylic acids is 2. The standard InChI is InChI=1S/C33H32ClN3O3S/c1-3-5-11-22-16-18-24(19-17-22)36-28(38)21-41-32-26(20-35)29(25-14-9-10-15-27(25)34)30(33(39)40-4-2)31(37-32)23-12-7-6-8-13-23/h6-10,12-19,29,37H,3-5,11,21H2,1-2H3,(H,36,38)/t29-/m0/s1. The second-order valence-electron chi connectivity index (χ2n) is 9.45. The third kappa shape index (κ3) is 7.40. The average molecular weight is 586 g/mol. The second-order valence-corrected chi connectivity index (χ2v) is 10.8. The SMILES string of the molecule is CCCCc1ccc(NC(=O)CSC2=C(C#N)[C@H](c3ccccc3Cl)C(C(=O)OCC)=C(c3ccccc3)N2)cc1. The zero-order chi connectivity index (χ0) is 29.2. The van der Waals surface area contributed by atoms with Crippen LogP contribution < -0.4 is 10.6 Å². The summed E-state index contributed by atoms with van der Waals surface area (Å²) in [6.07, 6.45) is 3.26. The van der Waals surface area contributed by atoms with Gasteiger partial charge >= 0.3 is 5.97 Å². The molecule has 3 aromatic rings. The van der Waals surface area contributed by atoms with E-state index in [-0.39, 0.29) is 18.3 Å². The van der Waals surface area contributed by atoms with Crippen LogP contribution in [0.2, 0.25) is 5.02 Å². The number of halogens is 1. The molecule has 4 rings (SSSR count). The molecule has 0 aromatic heterocycles. The normalized spacial score (nSPS) is 14.7. The van der Waals surface area contributed by atoms with Gasteiger partial charge in [0.1, 0.15) is 0 Å². The minimum absolute atomic E-state index is 0.0527. The summed E-state index contributed by atoms with van der Waals surface area (Å²) >= 11 is 7.83. The summed E-state index contributed by atoms with van der Waals surface area (Å²) in [6, 6.07) is 26.7. The third-order valence-corrected chi connectivity index (χ3v) is 7.99. The lowest BCUT2D eigenvalue weighted by atomic mass is 9.81. The van der Waals surface area contributed by atoms with Gasteiger partial charge in [-0.05, 0) is 54.7 Å². The lowest BCUT2D eigenvalue weighted by molar-refractivity contribution is -0.138. The van der Waals surface area contributed by atoms with E-state index in [2.05, 4.69) is 23.6 Å². The van der Waals surface area contributed by atoms with Gasteiger partial charge in [0.05, 0.1) is 46.2 Å². The van der Waals surface area contributed by atoms with Crippen molar-refractivity contribution in [2.75, 3.05) is 17.7 Å². The molecule has 0 bridgehead atoms.